The summed E-state index contributed by atoms with van der Waals surface area (Å²) in [5, 5.41) is 12.0. The molecule has 1 aliphatic heterocycles. The van der Waals surface area contributed by atoms with E-state index >= 15 is 0 Å². The highest BCUT2D eigenvalue weighted by atomic mass is 16.5. The van der Waals surface area contributed by atoms with Gasteiger partial charge in [-0.25, -0.2) is 4.79 Å². The molecule has 2 atom stereocenters. The summed E-state index contributed by atoms with van der Waals surface area (Å²) in [5.41, 5.74) is 0. The zero-order valence-corrected chi connectivity index (χ0v) is 7.53. The van der Waals surface area contributed by atoms with Crippen LogP contribution in [0.4, 0.5) is 0 Å². The summed E-state index contributed by atoms with van der Waals surface area (Å²) < 4.78 is 5.34. The third-order valence-electron chi connectivity index (χ3n) is 2.59. The Bertz CT molecular complexity index is 203. The van der Waals surface area contributed by atoms with Gasteiger partial charge in [0.15, 0.2) is 6.10 Å². The molecule has 2 aliphatic rings. The molecule has 4 heteroatoms. The molecule has 2 N–H and O–H groups in total. The fourth-order valence-corrected chi connectivity index (χ4v) is 1.62. The van der Waals surface area contributed by atoms with Crippen molar-refractivity contribution in [3.63, 3.8) is 0 Å². The SMILES string of the molecule is O=C(O)C1CCC(CNC2CC2)O1. The summed E-state index contributed by atoms with van der Waals surface area (Å²) in [6, 6.07) is 0.674. The number of hydrogen-bond donors (Lipinski definition) is 2. The highest BCUT2D eigenvalue weighted by Gasteiger charge is 2.31. The third-order valence-corrected chi connectivity index (χ3v) is 2.59. The van der Waals surface area contributed by atoms with Crippen LogP contribution >= 0.6 is 0 Å². The van der Waals surface area contributed by atoms with Crippen molar-refractivity contribution in [1.82, 2.24) is 5.32 Å². The third kappa shape index (κ3) is 2.42. The number of ether oxygens (including phenoxy) is 1. The summed E-state index contributed by atoms with van der Waals surface area (Å²) >= 11 is 0. The minimum atomic E-state index is -0.825. The van der Waals surface area contributed by atoms with Gasteiger partial charge in [0, 0.05) is 12.6 Å². The van der Waals surface area contributed by atoms with E-state index in [1.807, 2.05) is 0 Å². The zero-order chi connectivity index (χ0) is 9.26. The lowest BCUT2D eigenvalue weighted by Crippen LogP contribution is -2.30. The van der Waals surface area contributed by atoms with Crippen LogP contribution in [0.15, 0.2) is 0 Å². The first kappa shape index (κ1) is 8.97. The fraction of sp³-hybridized carbons (Fsp3) is 0.889. The molecule has 0 spiro atoms. The van der Waals surface area contributed by atoms with Gasteiger partial charge in [-0.1, -0.05) is 0 Å². The Morgan fingerprint density at radius 2 is 2.15 bits per heavy atom. The molecule has 2 rings (SSSR count). The average molecular weight is 185 g/mol. The molecule has 0 aromatic rings. The van der Waals surface area contributed by atoms with E-state index in [4.69, 9.17) is 9.84 Å². The van der Waals surface area contributed by atoms with Crippen LogP contribution in [0.1, 0.15) is 25.7 Å². The molecule has 0 radical (unpaired) electrons. The number of carboxylic acid groups (broad SMARTS) is 1. The minimum absolute atomic E-state index is 0.113. The predicted octanol–water partition coefficient (Wildman–Crippen LogP) is 0.371. The monoisotopic (exact) mass is 185 g/mol. The Hall–Kier alpha value is -0.610. The van der Waals surface area contributed by atoms with E-state index in [0.29, 0.717) is 12.5 Å². The van der Waals surface area contributed by atoms with Crippen molar-refractivity contribution in [3.05, 3.63) is 0 Å². The van der Waals surface area contributed by atoms with Crippen molar-refractivity contribution in [3.8, 4) is 0 Å². The van der Waals surface area contributed by atoms with Crippen LogP contribution in [0, 0.1) is 0 Å². The molecule has 1 saturated heterocycles. The van der Waals surface area contributed by atoms with E-state index in [1.54, 1.807) is 0 Å². The van der Waals surface area contributed by atoms with E-state index in [2.05, 4.69) is 5.32 Å². The highest BCUT2D eigenvalue weighted by molar-refractivity contribution is 5.72. The van der Waals surface area contributed by atoms with E-state index < -0.39 is 12.1 Å². The van der Waals surface area contributed by atoms with Gasteiger partial charge in [-0.15, -0.1) is 0 Å². The maximum absolute atomic E-state index is 10.6. The van der Waals surface area contributed by atoms with E-state index in [9.17, 15) is 4.79 Å². The second kappa shape index (κ2) is 3.64. The standard InChI is InChI=1S/C9H15NO3/c11-9(12)8-4-3-7(13-8)5-10-6-1-2-6/h6-8,10H,1-5H2,(H,11,12). The molecule has 0 aromatic heterocycles. The second-order valence-electron chi connectivity index (χ2n) is 3.84. The molecule has 2 unspecified atom stereocenters. The van der Waals surface area contributed by atoms with Gasteiger partial charge in [-0.05, 0) is 25.7 Å². The van der Waals surface area contributed by atoms with Crippen molar-refractivity contribution in [2.75, 3.05) is 6.54 Å². The molecular formula is C9H15NO3. The molecule has 4 nitrogen and oxygen atoms in total. The Balaban J connectivity index is 1.67. The van der Waals surface area contributed by atoms with Gasteiger partial charge >= 0.3 is 5.97 Å². The number of carboxylic acids is 1. The maximum atomic E-state index is 10.6. The molecule has 0 bridgehead atoms. The van der Waals surface area contributed by atoms with Crippen molar-refractivity contribution < 1.29 is 14.6 Å². The van der Waals surface area contributed by atoms with Crippen LogP contribution < -0.4 is 5.32 Å². The first-order valence-electron chi connectivity index (χ1n) is 4.87. The molecule has 0 aromatic carbocycles. The van der Waals surface area contributed by atoms with Crippen molar-refractivity contribution in [2.45, 2.75) is 43.9 Å². The summed E-state index contributed by atoms with van der Waals surface area (Å²) in [7, 11) is 0. The lowest BCUT2D eigenvalue weighted by Gasteiger charge is -2.11. The lowest BCUT2D eigenvalue weighted by molar-refractivity contribution is -0.149. The van der Waals surface area contributed by atoms with Crippen molar-refractivity contribution in [2.24, 2.45) is 0 Å². The Labute approximate surface area is 77.3 Å². The maximum Gasteiger partial charge on any atom is 0.332 e. The van der Waals surface area contributed by atoms with Gasteiger partial charge in [-0.2, -0.15) is 0 Å². The van der Waals surface area contributed by atoms with Crippen LogP contribution in [-0.4, -0.2) is 35.9 Å². The topological polar surface area (TPSA) is 58.6 Å². The van der Waals surface area contributed by atoms with Crippen LogP contribution in [-0.2, 0) is 9.53 Å². The van der Waals surface area contributed by atoms with Crippen LogP contribution in [0.5, 0.6) is 0 Å². The van der Waals surface area contributed by atoms with Gasteiger partial charge in [0.25, 0.3) is 0 Å². The number of rotatable bonds is 4. The van der Waals surface area contributed by atoms with Crippen LogP contribution in [0.25, 0.3) is 0 Å². The second-order valence-corrected chi connectivity index (χ2v) is 3.84. The molecule has 13 heavy (non-hydrogen) atoms. The highest BCUT2D eigenvalue weighted by Crippen LogP contribution is 2.22. The summed E-state index contributed by atoms with van der Waals surface area (Å²) in [6.45, 7) is 0.814. The number of nitrogens with one attached hydrogen (secondary N) is 1. The molecule has 1 heterocycles. The molecular weight excluding hydrogens is 170 g/mol. The van der Waals surface area contributed by atoms with Crippen LogP contribution in [0.3, 0.4) is 0 Å². The van der Waals surface area contributed by atoms with Gasteiger partial charge in [0.2, 0.25) is 0 Å². The molecule has 2 fully saturated rings. The van der Waals surface area contributed by atoms with E-state index in [-0.39, 0.29) is 6.10 Å². The molecule has 1 aliphatic carbocycles. The number of hydrogen-bond acceptors (Lipinski definition) is 3. The molecule has 0 amide bonds. The summed E-state index contributed by atoms with van der Waals surface area (Å²) in [4.78, 5) is 10.6. The van der Waals surface area contributed by atoms with Crippen molar-refractivity contribution >= 4 is 5.97 Å². The summed E-state index contributed by atoms with van der Waals surface area (Å²) in [6.07, 6.45) is 3.60. The largest absolute Gasteiger partial charge is 0.479 e. The average Bonchev–Trinajstić information content (AvgIpc) is 2.79. The zero-order valence-electron chi connectivity index (χ0n) is 7.53. The van der Waals surface area contributed by atoms with Gasteiger partial charge in [0.05, 0.1) is 6.10 Å². The molecule has 74 valence electrons. The number of aliphatic carboxylic acids is 1. The van der Waals surface area contributed by atoms with Crippen molar-refractivity contribution in [1.29, 1.82) is 0 Å². The lowest BCUT2D eigenvalue weighted by atomic mass is 10.2. The van der Waals surface area contributed by atoms with Gasteiger partial charge < -0.3 is 15.2 Å². The van der Waals surface area contributed by atoms with Gasteiger partial charge in [0.1, 0.15) is 0 Å². The Morgan fingerprint density at radius 1 is 1.38 bits per heavy atom. The quantitative estimate of drug-likeness (QED) is 0.664. The molecule has 1 saturated carbocycles. The fourth-order valence-electron chi connectivity index (χ4n) is 1.62. The first-order valence-corrected chi connectivity index (χ1v) is 4.87. The smallest absolute Gasteiger partial charge is 0.332 e. The van der Waals surface area contributed by atoms with Gasteiger partial charge in [-0.3, -0.25) is 0 Å². The van der Waals surface area contributed by atoms with E-state index in [0.717, 1.165) is 13.0 Å². The Morgan fingerprint density at radius 3 is 2.69 bits per heavy atom. The normalized spacial score (nSPS) is 33.5. The predicted molar refractivity (Wildman–Crippen MR) is 46.6 cm³/mol. The first-order chi connectivity index (χ1) is 6.25. The Kier molecular flexibility index (Phi) is 2.51. The van der Waals surface area contributed by atoms with Crippen LogP contribution in [0.2, 0.25) is 0 Å². The number of carbonyl (C=O) groups is 1. The minimum Gasteiger partial charge on any atom is -0.479 e. The van der Waals surface area contributed by atoms with E-state index in [1.165, 1.54) is 12.8 Å². The summed E-state index contributed by atoms with van der Waals surface area (Å²) in [5.74, 6) is -0.825.